The van der Waals surface area contributed by atoms with Crippen molar-refractivity contribution in [1.82, 2.24) is 9.55 Å². The number of pyridine rings is 1. The normalized spacial score (nSPS) is 10.7. The number of Topliss-reactive ketones (excluding diaryl/α,β-unsaturated/α-hetero) is 1. The molecule has 4 nitrogen and oxygen atoms in total. The molecule has 0 fully saturated rings. The predicted octanol–water partition coefficient (Wildman–Crippen LogP) is 3.87. The third-order valence-electron chi connectivity index (χ3n) is 3.76. The van der Waals surface area contributed by atoms with Crippen LogP contribution in [0, 0.1) is 13.8 Å². The molecular weight excluding hydrogens is 308 g/mol. The summed E-state index contributed by atoms with van der Waals surface area (Å²) in [7, 11) is 0. The van der Waals surface area contributed by atoms with Crippen molar-refractivity contribution in [2.75, 3.05) is 6.61 Å². The average Bonchev–Trinajstić information content (AvgIpc) is 3.17. The van der Waals surface area contributed by atoms with Gasteiger partial charge in [-0.3, -0.25) is 4.79 Å². The molecule has 0 radical (unpaired) electrons. The Morgan fingerprint density at radius 3 is 2.83 bits per heavy atom. The Balaban J connectivity index is 1.73. The summed E-state index contributed by atoms with van der Waals surface area (Å²) >= 11 is 1.72. The molecular formula is C18H18N2O2S. The van der Waals surface area contributed by atoms with E-state index < -0.39 is 0 Å². The summed E-state index contributed by atoms with van der Waals surface area (Å²) < 4.78 is 7.63. The average molecular weight is 326 g/mol. The molecule has 0 bridgehead atoms. The lowest BCUT2D eigenvalue weighted by atomic mass is 10.1. The lowest BCUT2D eigenvalue weighted by Crippen LogP contribution is -2.13. The van der Waals surface area contributed by atoms with E-state index in [9.17, 15) is 4.79 Å². The molecule has 0 N–H and O–H groups in total. The maximum absolute atomic E-state index is 12.4. The predicted molar refractivity (Wildman–Crippen MR) is 91.4 cm³/mol. The Kier molecular flexibility index (Phi) is 4.57. The monoisotopic (exact) mass is 326 g/mol. The molecule has 23 heavy (non-hydrogen) atoms. The summed E-state index contributed by atoms with van der Waals surface area (Å²) in [4.78, 5) is 17.8. The van der Waals surface area contributed by atoms with Gasteiger partial charge in [-0.05, 0) is 37.4 Å². The highest BCUT2D eigenvalue weighted by Crippen LogP contribution is 2.20. The van der Waals surface area contributed by atoms with Gasteiger partial charge in [0.05, 0.1) is 6.54 Å². The summed E-state index contributed by atoms with van der Waals surface area (Å²) in [6, 6.07) is 11.5. The zero-order valence-electron chi connectivity index (χ0n) is 13.2. The first-order valence-corrected chi connectivity index (χ1v) is 8.29. The lowest BCUT2D eigenvalue weighted by Gasteiger charge is -2.08. The summed E-state index contributed by atoms with van der Waals surface area (Å²) in [6.45, 7) is 4.80. The maximum atomic E-state index is 12.4. The summed E-state index contributed by atoms with van der Waals surface area (Å²) in [6.07, 6.45) is 1.65. The van der Waals surface area contributed by atoms with Crippen LogP contribution in [0.15, 0.2) is 48.0 Å². The first-order chi connectivity index (χ1) is 11.1. The van der Waals surface area contributed by atoms with Crippen LogP contribution in [0.1, 0.15) is 26.6 Å². The number of aryl methyl sites for hydroxylation is 1. The molecule has 0 saturated carbocycles. The molecule has 0 aliphatic rings. The number of carbonyl (C=O) groups excluding carboxylic acids is 1. The van der Waals surface area contributed by atoms with Gasteiger partial charge in [-0.15, -0.1) is 11.3 Å². The summed E-state index contributed by atoms with van der Waals surface area (Å²) in [5.41, 5.74) is 2.78. The number of carbonyl (C=O) groups is 1. The van der Waals surface area contributed by atoms with Crippen molar-refractivity contribution in [1.29, 1.82) is 0 Å². The minimum Gasteiger partial charge on any atom is -0.469 e. The molecule has 0 aromatic carbocycles. The zero-order valence-corrected chi connectivity index (χ0v) is 14.0. The van der Waals surface area contributed by atoms with Crippen molar-refractivity contribution in [3.05, 3.63) is 69.8 Å². The van der Waals surface area contributed by atoms with Gasteiger partial charge in [0.2, 0.25) is 11.7 Å². The van der Waals surface area contributed by atoms with Crippen molar-refractivity contribution in [2.24, 2.45) is 0 Å². The number of aromatic nitrogens is 2. The molecule has 3 aromatic heterocycles. The van der Waals surface area contributed by atoms with E-state index in [4.69, 9.17) is 4.74 Å². The smallest absolute Gasteiger partial charge is 0.213 e. The largest absolute Gasteiger partial charge is 0.469 e. The number of nitrogens with zero attached hydrogens (tertiary/aromatic N) is 2. The highest BCUT2D eigenvalue weighted by atomic mass is 32.1. The minimum atomic E-state index is -0.0267. The van der Waals surface area contributed by atoms with E-state index in [1.54, 1.807) is 23.6 Å². The van der Waals surface area contributed by atoms with E-state index in [1.165, 1.54) is 4.88 Å². The van der Waals surface area contributed by atoms with Gasteiger partial charge in [-0.25, -0.2) is 4.98 Å². The topological polar surface area (TPSA) is 44.1 Å². The van der Waals surface area contributed by atoms with Gasteiger partial charge < -0.3 is 9.30 Å². The fraction of sp³-hybridized carbons (Fsp3) is 0.222. The molecule has 0 spiro atoms. The van der Waals surface area contributed by atoms with Gasteiger partial charge >= 0.3 is 0 Å². The molecule has 0 saturated heterocycles. The van der Waals surface area contributed by atoms with Crippen LogP contribution in [0.3, 0.4) is 0 Å². The van der Waals surface area contributed by atoms with E-state index in [0.29, 0.717) is 5.88 Å². The number of ether oxygens (including phenoxy) is 1. The van der Waals surface area contributed by atoms with Crippen molar-refractivity contribution in [2.45, 2.75) is 20.4 Å². The molecule has 0 amide bonds. The standard InChI is InChI=1S/C18H18N2O2S/c1-13-10-16(14(2)20(13)11-15-6-5-9-23-15)17(21)12-22-18-7-3-4-8-19-18/h3-10H,11-12H2,1-2H3. The van der Waals surface area contributed by atoms with Crippen LogP contribution in [0.5, 0.6) is 5.88 Å². The second-order valence-electron chi connectivity index (χ2n) is 5.33. The van der Waals surface area contributed by atoms with Crippen LogP contribution in [0.2, 0.25) is 0 Å². The Hall–Kier alpha value is -2.40. The third kappa shape index (κ3) is 3.51. The second kappa shape index (κ2) is 6.79. The minimum absolute atomic E-state index is 0.000306. The van der Waals surface area contributed by atoms with Gasteiger partial charge in [0.1, 0.15) is 0 Å². The third-order valence-corrected chi connectivity index (χ3v) is 4.62. The number of ketones is 1. The highest BCUT2D eigenvalue weighted by Gasteiger charge is 2.16. The van der Waals surface area contributed by atoms with Crippen LogP contribution in [0.25, 0.3) is 0 Å². The van der Waals surface area contributed by atoms with Crippen molar-refractivity contribution >= 4 is 17.1 Å². The number of hydrogen-bond acceptors (Lipinski definition) is 4. The molecule has 118 valence electrons. The number of hydrogen-bond donors (Lipinski definition) is 0. The fourth-order valence-corrected chi connectivity index (χ4v) is 3.23. The Morgan fingerprint density at radius 1 is 1.26 bits per heavy atom. The van der Waals surface area contributed by atoms with E-state index in [0.717, 1.165) is 23.5 Å². The van der Waals surface area contributed by atoms with Gasteiger partial charge in [0.25, 0.3) is 0 Å². The lowest BCUT2D eigenvalue weighted by molar-refractivity contribution is 0.0917. The number of rotatable bonds is 6. The van der Waals surface area contributed by atoms with E-state index in [2.05, 4.69) is 21.0 Å². The van der Waals surface area contributed by atoms with Crippen LogP contribution >= 0.6 is 11.3 Å². The Morgan fingerprint density at radius 2 is 2.13 bits per heavy atom. The van der Waals surface area contributed by atoms with Crippen molar-refractivity contribution < 1.29 is 9.53 Å². The number of thiophene rings is 1. The summed E-state index contributed by atoms with van der Waals surface area (Å²) in [5.74, 6) is 0.439. The van der Waals surface area contributed by atoms with Crippen LogP contribution in [0.4, 0.5) is 0 Å². The Bertz CT molecular complexity index is 792. The molecule has 3 aromatic rings. The maximum Gasteiger partial charge on any atom is 0.213 e. The van der Waals surface area contributed by atoms with Crippen LogP contribution in [-0.4, -0.2) is 21.9 Å². The molecule has 5 heteroatoms. The Labute approximate surface area is 139 Å². The quantitative estimate of drug-likeness (QED) is 0.646. The molecule has 3 rings (SSSR count). The highest BCUT2D eigenvalue weighted by molar-refractivity contribution is 7.09. The fourth-order valence-electron chi connectivity index (χ4n) is 2.53. The molecule has 0 unspecified atom stereocenters. The first-order valence-electron chi connectivity index (χ1n) is 7.41. The van der Waals surface area contributed by atoms with Crippen molar-refractivity contribution in [3.8, 4) is 5.88 Å². The molecule has 0 aliphatic heterocycles. The molecule has 0 aliphatic carbocycles. The SMILES string of the molecule is Cc1cc(C(=O)COc2ccccn2)c(C)n1Cc1cccs1. The molecule has 0 atom stereocenters. The van der Waals surface area contributed by atoms with Gasteiger partial charge in [0, 0.05) is 34.1 Å². The van der Waals surface area contributed by atoms with E-state index in [-0.39, 0.29) is 12.4 Å². The van der Waals surface area contributed by atoms with Crippen LogP contribution < -0.4 is 4.74 Å². The van der Waals surface area contributed by atoms with Crippen molar-refractivity contribution in [3.63, 3.8) is 0 Å². The summed E-state index contributed by atoms with van der Waals surface area (Å²) in [5, 5.41) is 2.07. The van der Waals surface area contributed by atoms with Crippen LogP contribution in [-0.2, 0) is 6.54 Å². The van der Waals surface area contributed by atoms with E-state index in [1.807, 2.05) is 38.1 Å². The van der Waals surface area contributed by atoms with Gasteiger partial charge in [0.15, 0.2) is 6.61 Å². The van der Waals surface area contributed by atoms with Gasteiger partial charge in [-0.2, -0.15) is 0 Å². The van der Waals surface area contributed by atoms with E-state index >= 15 is 0 Å². The zero-order chi connectivity index (χ0) is 16.2. The second-order valence-corrected chi connectivity index (χ2v) is 6.36. The first kappa shape index (κ1) is 15.5. The molecule has 3 heterocycles. The van der Waals surface area contributed by atoms with Gasteiger partial charge in [-0.1, -0.05) is 12.1 Å².